The zero-order chi connectivity index (χ0) is 16.8. The first-order chi connectivity index (χ1) is 9.92. The topological polar surface area (TPSA) is 70.0 Å². The molecule has 0 radical (unpaired) electrons. The van der Waals surface area contributed by atoms with Gasteiger partial charge in [0.2, 0.25) is 0 Å². The number of carbonyl (C=O) groups is 1. The molecule has 1 aliphatic carbocycles. The van der Waals surface area contributed by atoms with Crippen molar-refractivity contribution in [1.82, 2.24) is 4.90 Å². The Bertz CT molecular complexity index is 434. The van der Waals surface area contributed by atoms with Crippen LogP contribution in [0.2, 0.25) is 0 Å². The van der Waals surface area contributed by atoms with E-state index in [1.165, 1.54) is 0 Å². The summed E-state index contributed by atoms with van der Waals surface area (Å²) in [5.41, 5.74) is -1.97. The largest absolute Gasteiger partial charge is 0.444 e. The van der Waals surface area contributed by atoms with Crippen LogP contribution < -0.4 is 0 Å². The van der Waals surface area contributed by atoms with Crippen LogP contribution in [0.1, 0.15) is 60.3 Å². The minimum Gasteiger partial charge on any atom is -0.444 e. The summed E-state index contributed by atoms with van der Waals surface area (Å²) < 4.78 is 5.36. The maximum Gasteiger partial charge on any atom is 0.410 e. The van der Waals surface area contributed by atoms with Gasteiger partial charge in [0.15, 0.2) is 0 Å². The average molecular weight is 313 g/mol. The summed E-state index contributed by atoms with van der Waals surface area (Å²) in [7, 11) is 0. The van der Waals surface area contributed by atoms with Gasteiger partial charge in [0.05, 0.1) is 17.6 Å². The Morgan fingerprint density at radius 1 is 1.23 bits per heavy atom. The molecule has 0 spiro atoms. The normalized spacial score (nSPS) is 30.6. The van der Waals surface area contributed by atoms with Crippen LogP contribution in [0.5, 0.6) is 0 Å². The molecule has 1 aliphatic heterocycles. The standard InChI is InChI=1S/C17H31NO4/c1-14(2,3)22-13(20)18-10-16(11-18,12-19)17(21)8-6-7-15(4,5)9-17/h19,21H,6-12H2,1-5H3. The average Bonchev–Trinajstić information content (AvgIpc) is 2.22. The summed E-state index contributed by atoms with van der Waals surface area (Å²) in [4.78, 5) is 13.7. The molecular weight excluding hydrogens is 282 g/mol. The molecule has 2 fully saturated rings. The molecule has 0 aromatic rings. The molecule has 1 saturated heterocycles. The third-order valence-electron chi connectivity index (χ3n) is 5.14. The van der Waals surface area contributed by atoms with Crippen LogP contribution in [0.3, 0.4) is 0 Å². The summed E-state index contributed by atoms with van der Waals surface area (Å²) in [5.74, 6) is 0. The molecule has 2 N–H and O–H groups in total. The lowest BCUT2D eigenvalue weighted by Crippen LogP contribution is -2.71. The molecule has 0 aromatic carbocycles. The van der Waals surface area contributed by atoms with Crippen molar-refractivity contribution in [1.29, 1.82) is 0 Å². The molecule has 2 rings (SSSR count). The summed E-state index contributed by atoms with van der Waals surface area (Å²) in [6, 6.07) is 0. The Labute approximate surface area is 133 Å². The second-order valence-corrected chi connectivity index (χ2v) is 9.00. The van der Waals surface area contributed by atoms with E-state index in [9.17, 15) is 15.0 Å². The molecule has 0 bridgehead atoms. The number of aliphatic hydroxyl groups is 2. The van der Waals surface area contributed by atoms with E-state index in [0.29, 0.717) is 25.9 Å². The smallest absolute Gasteiger partial charge is 0.410 e. The molecule has 2 aliphatic rings. The van der Waals surface area contributed by atoms with E-state index in [1.54, 1.807) is 4.90 Å². The van der Waals surface area contributed by atoms with Crippen LogP contribution in [0.15, 0.2) is 0 Å². The zero-order valence-electron chi connectivity index (χ0n) is 14.6. The monoisotopic (exact) mass is 313 g/mol. The minimum absolute atomic E-state index is 0.0709. The number of nitrogens with zero attached hydrogens (tertiary/aromatic N) is 1. The highest BCUT2D eigenvalue weighted by Crippen LogP contribution is 2.52. The lowest BCUT2D eigenvalue weighted by Gasteiger charge is -2.60. The second kappa shape index (κ2) is 5.38. The Hall–Kier alpha value is -0.810. The van der Waals surface area contributed by atoms with Gasteiger partial charge >= 0.3 is 6.09 Å². The molecule has 1 atom stereocenters. The van der Waals surface area contributed by atoms with Crippen LogP contribution in [0.4, 0.5) is 4.79 Å². The van der Waals surface area contributed by atoms with Gasteiger partial charge in [-0.2, -0.15) is 0 Å². The van der Waals surface area contributed by atoms with Gasteiger partial charge in [-0.15, -0.1) is 0 Å². The highest BCUT2D eigenvalue weighted by molar-refractivity contribution is 5.69. The Morgan fingerprint density at radius 2 is 1.82 bits per heavy atom. The first kappa shape index (κ1) is 17.5. The summed E-state index contributed by atoms with van der Waals surface area (Å²) in [6.45, 7) is 10.5. The maximum absolute atomic E-state index is 12.1. The van der Waals surface area contributed by atoms with Crippen molar-refractivity contribution in [2.45, 2.75) is 71.5 Å². The van der Waals surface area contributed by atoms with Crippen molar-refractivity contribution in [2.24, 2.45) is 10.8 Å². The van der Waals surface area contributed by atoms with Crippen LogP contribution >= 0.6 is 0 Å². The molecule has 0 aromatic heterocycles. The van der Waals surface area contributed by atoms with Crippen molar-refractivity contribution in [3.8, 4) is 0 Å². The third kappa shape index (κ3) is 3.25. The lowest BCUT2D eigenvalue weighted by molar-refractivity contribution is -0.204. The van der Waals surface area contributed by atoms with Gasteiger partial charge in [0.1, 0.15) is 5.60 Å². The number of amides is 1. The van der Waals surface area contributed by atoms with E-state index in [0.717, 1.165) is 12.8 Å². The van der Waals surface area contributed by atoms with Crippen LogP contribution in [0.25, 0.3) is 0 Å². The van der Waals surface area contributed by atoms with Gasteiger partial charge in [-0.05, 0) is 45.4 Å². The number of hydrogen-bond acceptors (Lipinski definition) is 4. The fourth-order valence-corrected chi connectivity index (χ4v) is 3.96. The maximum atomic E-state index is 12.1. The van der Waals surface area contributed by atoms with Gasteiger partial charge in [-0.25, -0.2) is 4.79 Å². The van der Waals surface area contributed by atoms with E-state index in [4.69, 9.17) is 4.74 Å². The fraction of sp³-hybridized carbons (Fsp3) is 0.941. The first-order valence-electron chi connectivity index (χ1n) is 8.23. The summed E-state index contributed by atoms with van der Waals surface area (Å²) in [6.07, 6.45) is 3.04. The van der Waals surface area contributed by atoms with E-state index in [-0.39, 0.29) is 18.1 Å². The number of likely N-dealkylation sites (tertiary alicyclic amines) is 1. The molecule has 128 valence electrons. The lowest BCUT2D eigenvalue weighted by atomic mass is 9.56. The number of hydrogen-bond donors (Lipinski definition) is 2. The number of rotatable bonds is 2. The molecule has 5 heteroatoms. The number of ether oxygens (including phenoxy) is 1. The highest BCUT2D eigenvalue weighted by Gasteiger charge is 2.60. The van der Waals surface area contributed by atoms with E-state index >= 15 is 0 Å². The Balaban J connectivity index is 2.06. The van der Waals surface area contributed by atoms with Crippen molar-refractivity contribution in [3.05, 3.63) is 0 Å². The van der Waals surface area contributed by atoms with Crippen LogP contribution in [-0.4, -0.2) is 52.1 Å². The molecule has 5 nitrogen and oxygen atoms in total. The molecule has 1 unspecified atom stereocenters. The number of aliphatic hydroxyl groups excluding tert-OH is 1. The molecule has 1 heterocycles. The van der Waals surface area contributed by atoms with Crippen molar-refractivity contribution in [2.75, 3.05) is 19.7 Å². The predicted molar refractivity (Wildman–Crippen MR) is 84.5 cm³/mol. The predicted octanol–water partition coefficient (Wildman–Crippen LogP) is 2.55. The van der Waals surface area contributed by atoms with E-state index < -0.39 is 16.6 Å². The van der Waals surface area contributed by atoms with Gasteiger partial charge in [0, 0.05) is 13.1 Å². The molecule has 22 heavy (non-hydrogen) atoms. The summed E-state index contributed by atoms with van der Waals surface area (Å²) in [5, 5.41) is 21.1. The number of carbonyl (C=O) groups excluding carboxylic acids is 1. The van der Waals surface area contributed by atoms with E-state index in [1.807, 2.05) is 20.8 Å². The Morgan fingerprint density at radius 3 is 2.27 bits per heavy atom. The highest BCUT2D eigenvalue weighted by atomic mass is 16.6. The minimum atomic E-state index is -0.901. The van der Waals surface area contributed by atoms with Crippen molar-refractivity contribution >= 4 is 6.09 Å². The van der Waals surface area contributed by atoms with Gasteiger partial charge in [-0.1, -0.05) is 20.3 Å². The van der Waals surface area contributed by atoms with Crippen molar-refractivity contribution in [3.63, 3.8) is 0 Å². The SMILES string of the molecule is CC1(C)CCCC(O)(C2(CO)CN(C(=O)OC(C)(C)C)C2)C1. The zero-order valence-corrected chi connectivity index (χ0v) is 14.6. The van der Waals surface area contributed by atoms with Gasteiger partial charge in [0.25, 0.3) is 0 Å². The third-order valence-corrected chi connectivity index (χ3v) is 5.14. The van der Waals surface area contributed by atoms with Crippen LogP contribution in [0, 0.1) is 10.8 Å². The van der Waals surface area contributed by atoms with Gasteiger partial charge < -0.3 is 19.8 Å². The molecule has 1 amide bonds. The molecule has 1 saturated carbocycles. The summed E-state index contributed by atoms with van der Waals surface area (Å²) >= 11 is 0. The van der Waals surface area contributed by atoms with Crippen molar-refractivity contribution < 1.29 is 19.7 Å². The van der Waals surface area contributed by atoms with E-state index in [2.05, 4.69) is 13.8 Å². The van der Waals surface area contributed by atoms with Crippen LogP contribution in [-0.2, 0) is 4.74 Å². The quantitative estimate of drug-likeness (QED) is 0.822. The fourth-order valence-electron chi connectivity index (χ4n) is 3.96. The first-order valence-corrected chi connectivity index (χ1v) is 8.23. The Kier molecular flexibility index (Phi) is 4.29. The van der Waals surface area contributed by atoms with Gasteiger partial charge in [-0.3, -0.25) is 0 Å². The molecular formula is C17H31NO4. The second-order valence-electron chi connectivity index (χ2n) is 9.00.